The lowest BCUT2D eigenvalue weighted by molar-refractivity contribution is 0.199. The molecule has 1 aromatic carbocycles. The Morgan fingerprint density at radius 2 is 2.11 bits per heavy atom. The van der Waals surface area contributed by atoms with E-state index in [0.717, 1.165) is 24.7 Å². The van der Waals surface area contributed by atoms with Crippen LogP contribution in [0.5, 0.6) is 0 Å². The molecule has 0 aromatic heterocycles. The molecule has 0 atom stereocenters. The molecule has 0 aliphatic carbocycles. The van der Waals surface area contributed by atoms with Crippen LogP contribution in [0, 0.1) is 11.7 Å². The number of nitrogens with zero attached hydrogens (tertiary/aromatic N) is 1. The molecule has 1 saturated heterocycles. The van der Waals surface area contributed by atoms with Crippen LogP contribution in [-0.2, 0) is 0 Å². The van der Waals surface area contributed by atoms with E-state index in [9.17, 15) is 4.39 Å². The topological polar surface area (TPSA) is 41.3 Å². The molecule has 100 valence electrons. The SMILES string of the molecule is CC1CCN(CCNc2ccc(F)cc2N)CC1. The summed E-state index contributed by atoms with van der Waals surface area (Å²) in [7, 11) is 0. The molecule has 18 heavy (non-hydrogen) atoms. The van der Waals surface area contributed by atoms with E-state index in [1.54, 1.807) is 6.07 Å². The van der Waals surface area contributed by atoms with Gasteiger partial charge in [-0.05, 0) is 50.0 Å². The summed E-state index contributed by atoms with van der Waals surface area (Å²) in [6.07, 6.45) is 2.58. The molecular formula is C14H22FN3. The van der Waals surface area contributed by atoms with Crippen molar-refractivity contribution in [3.63, 3.8) is 0 Å². The van der Waals surface area contributed by atoms with Gasteiger partial charge in [0.1, 0.15) is 5.82 Å². The number of benzene rings is 1. The molecule has 2 rings (SSSR count). The molecule has 3 nitrogen and oxygen atoms in total. The van der Waals surface area contributed by atoms with Crippen molar-refractivity contribution in [3.8, 4) is 0 Å². The Hall–Kier alpha value is -1.29. The summed E-state index contributed by atoms with van der Waals surface area (Å²) in [6, 6.07) is 4.48. The van der Waals surface area contributed by atoms with Crippen molar-refractivity contribution in [1.82, 2.24) is 4.90 Å². The third-order valence-electron chi connectivity index (χ3n) is 3.63. The highest BCUT2D eigenvalue weighted by Gasteiger charge is 2.14. The number of hydrogen-bond donors (Lipinski definition) is 2. The number of piperidine rings is 1. The first-order valence-electron chi connectivity index (χ1n) is 6.66. The molecule has 1 fully saturated rings. The van der Waals surface area contributed by atoms with Gasteiger partial charge in [-0.15, -0.1) is 0 Å². The Morgan fingerprint density at radius 1 is 1.39 bits per heavy atom. The number of hydrogen-bond acceptors (Lipinski definition) is 3. The molecule has 0 bridgehead atoms. The zero-order valence-corrected chi connectivity index (χ0v) is 11.0. The van der Waals surface area contributed by atoms with Crippen molar-refractivity contribution in [1.29, 1.82) is 0 Å². The quantitative estimate of drug-likeness (QED) is 0.808. The Kier molecular flexibility index (Phi) is 4.42. The van der Waals surface area contributed by atoms with Gasteiger partial charge in [-0.1, -0.05) is 6.92 Å². The number of nitrogen functional groups attached to an aromatic ring is 1. The van der Waals surface area contributed by atoms with Crippen LogP contribution in [0.2, 0.25) is 0 Å². The summed E-state index contributed by atoms with van der Waals surface area (Å²) in [5.41, 5.74) is 7.04. The van der Waals surface area contributed by atoms with Crippen molar-refractivity contribution in [2.24, 2.45) is 5.92 Å². The van der Waals surface area contributed by atoms with E-state index in [4.69, 9.17) is 5.73 Å². The number of rotatable bonds is 4. The zero-order chi connectivity index (χ0) is 13.0. The lowest BCUT2D eigenvalue weighted by Crippen LogP contribution is -2.36. The largest absolute Gasteiger partial charge is 0.397 e. The van der Waals surface area contributed by atoms with E-state index in [2.05, 4.69) is 17.1 Å². The van der Waals surface area contributed by atoms with Crippen molar-refractivity contribution < 1.29 is 4.39 Å². The van der Waals surface area contributed by atoms with E-state index in [1.165, 1.54) is 38.1 Å². The monoisotopic (exact) mass is 251 g/mol. The van der Waals surface area contributed by atoms with Gasteiger partial charge in [0.15, 0.2) is 0 Å². The van der Waals surface area contributed by atoms with Gasteiger partial charge < -0.3 is 16.0 Å². The van der Waals surface area contributed by atoms with E-state index < -0.39 is 0 Å². The second-order valence-electron chi connectivity index (χ2n) is 5.18. The molecule has 0 spiro atoms. The number of anilines is 2. The minimum absolute atomic E-state index is 0.289. The van der Waals surface area contributed by atoms with Crippen molar-refractivity contribution in [2.75, 3.05) is 37.2 Å². The standard InChI is InChI=1S/C14H22FN3/c1-11-4-7-18(8-5-11)9-6-17-14-3-2-12(15)10-13(14)16/h2-3,10-11,17H,4-9,16H2,1H3. The molecule has 3 N–H and O–H groups in total. The van der Waals surface area contributed by atoms with E-state index in [1.807, 2.05) is 0 Å². The maximum absolute atomic E-state index is 12.9. The number of halogens is 1. The minimum atomic E-state index is -0.289. The van der Waals surface area contributed by atoms with E-state index >= 15 is 0 Å². The minimum Gasteiger partial charge on any atom is -0.397 e. The molecule has 1 heterocycles. The lowest BCUT2D eigenvalue weighted by atomic mass is 9.99. The smallest absolute Gasteiger partial charge is 0.125 e. The van der Waals surface area contributed by atoms with Crippen LogP contribution in [-0.4, -0.2) is 31.1 Å². The highest BCUT2D eigenvalue weighted by atomic mass is 19.1. The Bertz CT molecular complexity index is 387. The van der Waals surface area contributed by atoms with Crippen molar-refractivity contribution >= 4 is 11.4 Å². The maximum Gasteiger partial charge on any atom is 0.125 e. The second-order valence-corrected chi connectivity index (χ2v) is 5.18. The second kappa shape index (κ2) is 6.05. The molecule has 0 radical (unpaired) electrons. The van der Waals surface area contributed by atoms with Crippen LogP contribution in [0.15, 0.2) is 18.2 Å². The fourth-order valence-electron chi connectivity index (χ4n) is 2.33. The molecule has 1 aliphatic heterocycles. The third-order valence-corrected chi connectivity index (χ3v) is 3.63. The van der Waals surface area contributed by atoms with Gasteiger partial charge in [0.25, 0.3) is 0 Å². The molecule has 0 amide bonds. The predicted octanol–water partition coefficient (Wildman–Crippen LogP) is 2.55. The summed E-state index contributed by atoms with van der Waals surface area (Å²) >= 11 is 0. The maximum atomic E-state index is 12.9. The number of likely N-dealkylation sites (tertiary alicyclic amines) is 1. The van der Waals surface area contributed by atoms with Crippen LogP contribution in [0.4, 0.5) is 15.8 Å². The predicted molar refractivity (Wildman–Crippen MR) is 74.1 cm³/mol. The number of nitrogens with one attached hydrogen (secondary N) is 1. The van der Waals surface area contributed by atoms with Crippen molar-refractivity contribution in [3.05, 3.63) is 24.0 Å². The van der Waals surface area contributed by atoms with Gasteiger partial charge >= 0.3 is 0 Å². The highest BCUT2D eigenvalue weighted by molar-refractivity contribution is 5.65. The van der Waals surface area contributed by atoms with Crippen molar-refractivity contribution in [2.45, 2.75) is 19.8 Å². The van der Waals surface area contributed by atoms with E-state index in [-0.39, 0.29) is 5.82 Å². The van der Waals surface area contributed by atoms with Gasteiger partial charge in [-0.25, -0.2) is 4.39 Å². The first-order valence-corrected chi connectivity index (χ1v) is 6.66. The summed E-state index contributed by atoms with van der Waals surface area (Å²) in [6.45, 7) is 6.55. The molecule has 1 aromatic rings. The fourth-order valence-corrected chi connectivity index (χ4v) is 2.33. The average molecular weight is 251 g/mol. The average Bonchev–Trinajstić information content (AvgIpc) is 2.34. The summed E-state index contributed by atoms with van der Waals surface area (Å²) in [4.78, 5) is 2.46. The Labute approximate surface area is 108 Å². The lowest BCUT2D eigenvalue weighted by Gasteiger charge is -2.30. The highest BCUT2D eigenvalue weighted by Crippen LogP contribution is 2.19. The Balaban J connectivity index is 1.75. The zero-order valence-electron chi connectivity index (χ0n) is 11.0. The molecule has 1 aliphatic rings. The molecule has 4 heteroatoms. The van der Waals surface area contributed by atoms with Gasteiger partial charge in [0.05, 0.1) is 11.4 Å². The van der Waals surface area contributed by atoms with Gasteiger partial charge in [0.2, 0.25) is 0 Å². The fraction of sp³-hybridized carbons (Fsp3) is 0.571. The van der Waals surface area contributed by atoms with Crippen LogP contribution in [0.3, 0.4) is 0 Å². The van der Waals surface area contributed by atoms with Gasteiger partial charge in [-0.2, -0.15) is 0 Å². The summed E-state index contributed by atoms with van der Waals surface area (Å²) < 4.78 is 12.9. The van der Waals surface area contributed by atoms with Crippen LogP contribution in [0.25, 0.3) is 0 Å². The van der Waals surface area contributed by atoms with Gasteiger partial charge in [-0.3, -0.25) is 0 Å². The van der Waals surface area contributed by atoms with E-state index in [0.29, 0.717) is 5.69 Å². The van der Waals surface area contributed by atoms with Crippen LogP contribution >= 0.6 is 0 Å². The summed E-state index contributed by atoms with van der Waals surface area (Å²) in [5.74, 6) is 0.574. The first-order chi connectivity index (χ1) is 8.65. The van der Waals surface area contributed by atoms with Gasteiger partial charge in [0, 0.05) is 13.1 Å². The van der Waals surface area contributed by atoms with Crippen LogP contribution in [0.1, 0.15) is 19.8 Å². The normalized spacial score (nSPS) is 17.9. The molecular weight excluding hydrogens is 229 g/mol. The molecule has 0 saturated carbocycles. The first kappa shape index (κ1) is 13.1. The Morgan fingerprint density at radius 3 is 2.78 bits per heavy atom. The third kappa shape index (κ3) is 3.60. The number of nitrogens with two attached hydrogens (primary N) is 1. The van der Waals surface area contributed by atoms with Crippen LogP contribution < -0.4 is 11.1 Å². The molecule has 0 unspecified atom stereocenters. The summed E-state index contributed by atoms with van der Waals surface area (Å²) in [5, 5.41) is 3.27.